The lowest BCUT2D eigenvalue weighted by atomic mass is 10.0. The zero-order chi connectivity index (χ0) is 26.8. The fraction of sp³-hybridized carbons (Fsp3) is 0.333. The number of nitrogens with zero attached hydrogens (tertiary/aromatic N) is 1. The van der Waals surface area contributed by atoms with E-state index in [0.717, 1.165) is 16.7 Å². The minimum absolute atomic E-state index is 0.108. The van der Waals surface area contributed by atoms with E-state index in [9.17, 15) is 9.59 Å². The Morgan fingerprint density at radius 2 is 1.65 bits per heavy atom. The summed E-state index contributed by atoms with van der Waals surface area (Å²) < 4.78 is 0. The van der Waals surface area contributed by atoms with E-state index >= 15 is 0 Å². The lowest BCUT2D eigenvalue weighted by Gasteiger charge is -2.32. The normalized spacial score (nSPS) is 11.8. The van der Waals surface area contributed by atoms with Crippen molar-refractivity contribution >= 4 is 46.8 Å². The first kappa shape index (κ1) is 29.1. The summed E-state index contributed by atoms with van der Waals surface area (Å²) in [5.74, 6) is 0.983. The summed E-state index contributed by atoms with van der Waals surface area (Å²) in [4.78, 5) is 28.9. The van der Waals surface area contributed by atoms with Gasteiger partial charge in [0.15, 0.2) is 0 Å². The highest BCUT2D eigenvalue weighted by Crippen LogP contribution is 2.25. The van der Waals surface area contributed by atoms with Gasteiger partial charge in [-0.2, -0.15) is 0 Å². The SMILES string of the molecule is Cc1ccc(CSCC(=O)N(Cc2ccc(Cl)cc2Cl)C(Cc2ccccc2)C(=O)NCC(C)C)cc1. The number of hydrogen-bond donors (Lipinski definition) is 1. The van der Waals surface area contributed by atoms with Crippen molar-refractivity contribution in [3.8, 4) is 0 Å². The molecule has 196 valence electrons. The van der Waals surface area contributed by atoms with Crippen LogP contribution >= 0.6 is 35.0 Å². The van der Waals surface area contributed by atoms with Crippen LogP contribution in [0.3, 0.4) is 0 Å². The van der Waals surface area contributed by atoms with E-state index in [1.807, 2.05) is 50.2 Å². The number of carbonyl (C=O) groups is 2. The number of hydrogen-bond acceptors (Lipinski definition) is 3. The van der Waals surface area contributed by atoms with Crippen molar-refractivity contribution in [2.45, 2.75) is 45.5 Å². The van der Waals surface area contributed by atoms with Crippen molar-refractivity contribution in [1.82, 2.24) is 10.2 Å². The summed E-state index contributed by atoms with van der Waals surface area (Å²) in [5, 5.41) is 4.04. The molecule has 0 aliphatic rings. The van der Waals surface area contributed by atoms with Gasteiger partial charge in [-0.1, -0.05) is 103 Å². The minimum atomic E-state index is -0.680. The van der Waals surface area contributed by atoms with Crippen LogP contribution in [-0.4, -0.2) is 35.1 Å². The first-order valence-electron chi connectivity index (χ1n) is 12.4. The molecule has 4 nitrogen and oxygen atoms in total. The third-order valence-corrected chi connectivity index (χ3v) is 7.50. The zero-order valence-electron chi connectivity index (χ0n) is 21.5. The molecule has 0 saturated heterocycles. The van der Waals surface area contributed by atoms with E-state index in [2.05, 4.69) is 36.5 Å². The average molecular weight is 558 g/mol. The summed E-state index contributed by atoms with van der Waals surface area (Å²) in [5.41, 5.74) is 4.09. The maximum Gasteiger partial charge on any atom is 0.243 e. The van der Waals surface area contributed by atoms with Gasteiger partial charge in [0.1, 0.15) is 6.04 Å². The van der Waals surface area contributed by atoms with Crippen LogP contribution in [0, 0.1) is 12.8 Å². The van der Waals surface area contributed by atoms with Gasteiger partial charge in [-0.3, -0.25) is 9.59 Å². The second-order valence-corrected chi connectivity index (χ2v) is 11.4. The topological polar surface area (TPSA) is 49.4 Å². The molecule has 1 unspecified atom stereocenters. The van der Waals surface area contributed by atoms with Gasteiger partial charge in [0.05, 0.1) is 5.75 Å². The van der Waals surface area contributed by atoms with Gasteiger partial charge in [0.2, 0.25) is 11.8 Å². The number of benzene rings is 3. The number of carbonyl (C=O) groups excluding carboxylic acids is 2. The molecular formula is C30H34Cl2N2O2S. The van der Waals surface area contributed by atoms with Crippen LogP contribution in [0.4, 0.5) is 0 Å². The summed E-state index contributed by atoms with van der Waals surface area (Å²) in [6.07, 6.45) is 0.407. The summed E-state index contributed by atoms with van der Waals surface area (Å²) >= 11 is 14.1. The summed E-state index contributed by atoms with van der Waals surface area (Å²) in [6, 6.07) is 22.6. The van der Waals surface area contributed by atoms with E-state index < -0.39 is 6.04 Å². The quantitative estimate of drug-likeness (QED) is 0.262. The Balaban J connectivity index is 1.86. The van der Waals surface area contributed by atoms with E-state index in [-0.39, 0.29) is 24.1 Å². The lowest BCUT2D eigenvalue weighted by Crippen LogP contribution is -2.51. The van der Waals surface area contributed by atoms with Gasteiger partial charge in [-0.25, -0.2) is 0 Å². The molecule has 0 radical (unpaired) electrons. The molecule has 2 amide bonds. The van der Waals surface area contributed by atoms with Crippen molar-refractivity contribution in [2.75, 3.05) is 12.3 Å². The second-order valence-electron chi connectivity index (χ2n) is 9.58. The molecule has 37 heavy (non-hydrogen) atoms. The molecule has 0 aliphatic carbocycles. The van der Waals surface area contributed by atoms with Gasteiger partial charge in [-0.05, 0) is 41.7 Å². The molecular weight excluding hydrogens is 523 g/mol. The highest BCUT2D eigenvalue weighted by atomic mass is 35.5. The van der Waals surface area contributed by atoms with Crippen LogP contribution in [0.25, 0.3) is 0 Å². The zero-order valence-corrected chi connectivity index (χ0v) is 23.9. The second kappa shape index (κ2) is 14.5. The minimum Gasteiger partial charge on any atom is -0.354 e. The van der Waals surface area contributed by atoms with E-state index in [1.165, 1.54) is 5.56 Å². The Labute approximate surface area is 234 Å². The number of amides is 2. The van der Waals surface area contributed by atoms with Gasteiger partial charge < -0.3 is 10.2 Å². The molecule has 0 aromatic heterocycles. The number of halogens is 2. The molecule has 1 atom stereocenters. The Bertz CT molecular complexity index is 1170. The fourth-order valence-electron chi connectivity index (χ4n) is 3.83. The third kappa shape index (κ3) is 9.41. The van der Waals surface area contributed by atoms with E-state index in [0.29, 0.717) is 34.7 Å². The molecule has 3 aromatic carbocycles. The van der Waals surface area contributed by atoms with E-state index in [4.69, 9.17) is 23.2 Å². The lowest BCUT2D eigenvalue weighted by molar-refractivity contribution is -0.139. The van der Waals surface area contributed by atoms with Crippen LogP contribution in [-0.2, 0) is 28.3 Å². The molecule has 0 heterocycles. The summed E-state index contributed by atoms with van der Waals surface area (Å²) in [6.45, 7) is 6.90. The molecule has 7 heteroatoms. The average Bonchev–Trinajstić information content (AvgIpc) is 2.87. The molecule has 0 saturated carbocycles. The molecule has 0 spiro atoms. The molecule has 0 bridgehead atoms. The highest BCUT2D eigenvalue weighted by Gasteiger charge is 2.30. The maximum atomic E-state index is 13.7. The monoisotopic (exact) mass is 556 g/mol. The van der Waals surface area contributed by atoms with Crippen LogP contribution in [0.15, 0.2) is 72.8 Å². The Morgan fingerprint density at radius 1 is 0.946 bits per heavy atom. The van der Waals surface area contributed by atoms with Crippen molar-refractivity contribution < 1.29 is 9.59 Å². The Kier molecular flexibility index (Phi) is 11.4. The van der Waals surface area contributed by atoms with Crippen LogP contribution < -0.4 is 5.32 Å². The van der Waals surface area contributed by atoms with Crippen molar-refractivity contribution in [3.63, 3.8) is 0 Å². The number of thioether (sulfide) groups is 1. The van der Waals surface area contributed by atoms with Crippen molar-refractivity contribution in [3.05, 3.63) is 105 Å². The Morgan fingerprint density at radius 3 is 2.30 bits per heavy atom. The smallest absolute Gasteiger partial charge is 0.243 e. The number of aryl methyl sites for hydroxylation is 1. The van der Waals surface area contributed by atoms with Gasteiger partial charge in [-0.15, -0.1) is 11.8 Å². The maximum absolute atomic E-state index is 13.7. The fourth-order valence-corrected chi connectivity index (χ4v) is 5.17. The first-order valence-corrected chi connectivity index (χ1v) is 14.3. The third-order valence-electron chi connectivity index (χ3n) is 5.93. The molecule has 0 fully saturated rings. The molecule has 1 N–H and O–H groups in total. The highest BCUT2D eigenvalue weighted by molar-refractivity contribution is 7.99. The molecule has 3 rings (SSSR count). The van der Waals surface area contributed by atoms with Gasteiger partial charge >= 0.3 is 0 Å². The summed E-state index contributed by atoms with van der Waals surface area (Å²) in [7, 11) is 0. The van der Waals surface area contributed by atoms with Crippen LogP contribution in [0.5, 0.6) is 0 Å². The Hall–Kier alpha value is -2.47. The van der Waals surface area contributed by atoms with Crippen LogP contribution in [0.2, 0.25) is 10.0 Å². The van der Waals surface area contributed by atoms with Crippen molar-refractivity contribution in [1.29, 1.82) is 0 Å². The first-order chi connectivity index (χ1) is 17.7. The van der Waals surface area contributed by atoms with Crippen LogP contribution in [0.1, 0.15) is 36.1 Å². The van der Waals surface area contributed by atoms with E-state index in [1.54, 1.807) is 28.8 Å². The predicted octanol–water partition coefficient (Wildman–Crippen LogP) is 6.95. The standard InChI is InChI=1S/C30H34Cl2N2O2S/c1-21(2)17-33-30(36)28(15-23-7-5-4-6-8-23)34(18-25-13-14-26(31)16-27(25)32)29(35)20-37-19-24-11-9-22(3)10-12-24/h4-14,16,21,28H,15,17-20H2,1-3H3,(H,33,36). The van der Waals surface area contributed by atoms with Gasteiger partial charge in [0, 0.05) is 35.3 Å². The largest absolute Gasteiger partial charge is 0.354 e. The predicted molar refractivity (Wildman–Crippen MR) is 156 cm³/mol. The number of rotatable bonds is 12. The molecule has 0 aliphatic heterocycles. The number of nitrogens with one attached hydrogen (secondary N) is 1. The molecule has 3 aromatic rings. The van der Waals surface area contributed by atoms with Crippen molar-refractivity contribution in [2.24, 2.45) is 5.92 Å². The van der Waals surface area contributed by atoms with Gasteiger partial charge in [0.25, 0.3) is 0 Å².